The maximum absolute atomic E-state index is 12.1. The zero-order valence-corrected chi connectivity index (χ0v) is 10.4. The number of fused-ring (bicyclic) bond motifs is 1. The van der Waals surface area contributed by atoms with E-state index in [0.717, 1.165) is 0 Å². The Bertz CT molecular complexity index is 654. The van der Waals surface area contributed by atoms with E-state index in [-0.39, 0.29) is 18.0 Å². The number of hydrogen-bond acceptors (Lipinski definition) is 4. The van der Waals surface area contributed by atoms with Gasteiger partial charge in [-0.15, -0.1) is 0 Å². The average molecular weight is 262 g/mol. The predicted octanol–water partition coefficient (Wildman–Crippen LogP) is -0.645. The maximum Gasteiger partial charge on any atom is 0.291 e. The van der Waals surface area contributed by atoms with Crippen LogP contribution in [0.4, 0.5) is 0 Å². The highest BCUT2D eigenvalue weighted by molar-refractivity contribution is 5.76. The molecule has 7 nitrogen and oxygen atoms in total. The summed E-state index contributed by atoms with van der Waals surface area (Å²) in [6, 6.07) is 3.48. The van der Waals surface area contributed by atoms with Gasteiger partial charge in [-0.3, -0.25) is 9.59 Å². The van der Waals surface area contributed by atoms with E-state index >= 15 is 0 Å². The standard InChI is InChI=1S/C12H14N4O3/c17-11(14-4-6-19-7-5-14)8-16-12(18)10-2-1-3-15(10)9-13-16/h1-3,9H,4-8H2. The molecule has 0 aromatic carbocycles. The van der Waals surface area contributed by atoms with Crippen LogP contribution >= 0.6 is 0 Å². The van der Waals surface area contributed by atoms with Gasteiger partial charge >= 0.3 is 0 Å². The van der Waals surface area contributed by atoms with E-state index in [9.17, 15) is 9.59 Å². The van der Waals surface area contributed by atoms with Crippen LogP contribution < -0.4 is 5.56 Å². The molecule has 0 radical (unpaired) electrons. The fourth-order valence-corrected chi connectivity index (χ4v) is 2.13. The Morgan fingerprint density at radius 1 is 1.37 bits per heavy atom. The molecule has 0 bridgehead atoms. The van der Waals surface area contributed by atoms with Crippen molar-refractivity contribution in [1.82, 2.24) is 19.1 Å². The Morgan fingerprint density at radius 3 is 2.95 bits per heavy atom. The molecule has 1 saturated heterocycles. The van der Waals surface area contributed by atoms with Gasteiger partial charge < -0.3 is 14.0 Å². The maximum atomic E-state index is 12.1. The van der Waals surface area contributed by atoms with Crippen LogP contribution in [0.2, 0.25) is 0 Å². The molecule has 7 heteroatoms. The molecule has 1 amide bonds. The zero-order chi connectivity index (χ0) is 13.2. The van der Waals surface area contributed by atoms with E-state index in [1.54, 1.807) is 27.6 Å². The highest BCUT2D eigenvalue weighted by atomic mass is 16.5. The topological polar surface area (TPSA) is 68.8 Å². The van der Waals surface area contributed by atoms with Crippen LogP contribution in [0.3, 0.4) is 0 Å². The Hall–Kier alpha value is -2.15. The predicted molar refractivity (Wildman–Crippen MR) is 66.9 cm³/mol. The third-order valence-electron chi connectivity index (χ3n) is 3.20. The van der Waals surface area contributed by atoms with Crippen LogP contribution in [0.25, 0.3) is 5.52 Å². The second-order valence-corrected chi connectivity index (χ2v) is 4.39. The molecule has 100 valence electrons. The van der Waals surface area contributed by atoms with Gasteiger partial charge in [0.2, 0.25) is 5.91 Å². The van der Waals surface area contributed by atoms with Crippen molar-refractivity contribution in [2.45, 2.75) is 6.54 Å². The van der Waals surface area contributed by atoms with Gasteiger partial charge in [0, 0.05) is 19.3 Å². The number of amides is 1. The Kier molecular flexibility index (Phi) is 3.04. The van der Waals surface area contributed by atoms with Crippen LogP contribution in [0.1, 0.15) is 0 Å². The van der Waals surface area contributed by atoms with Crippen LogP contribution in [0, 0.1) is 0 Å². The lowest BCUT2D eigenvalue weighted by atomic mass is 10.4. The molecule has 19 heavy (non-hydrogen) atoms. The molecular weight excluding hydrogens is 248 g/mol. The summed E-state index contributed by atoms with van der Waals surface area (Å²) in [4.78, 5) is 25.8. The molecular formula is C12H14N4O3. The summed E-state index contributed by atoms with van der Waals surface area (Å²) in [6.07, 6.45) is 3.28. The summed E-state index contributed by atoms with van der Waals surface area (Å²) >= 11 is 0. The molecule has 0 N–H and O–H groups in total. The summed E-state index contributed by atoms with van der Waals surface area (Å²) in [6.45, 7) is 2.21. The first-order valence-corrected chi connectivity index (χ1v) is 6.14. The van der Waals surface area contributed by atoms with Gasteiger partial charge in [-0.2, -0.15) is 5.10 Å². The van der Waals surface area contributed by atoms with Gasteiger partial charge in [0.1, 0.15) is 18.4 Å². The quantitative estimate of drug-likeness (QED) is 0.721. The van der Waals surface area contributed by atoms with E-state index in [1.165, 1.54) is 11.0 Å². The van der Waals surface area contributed by atoms with Crippen LogP contribution in [0.15, 0.2) is 29.5 Å². The van der Waals surface area contributed by atoms with E-state index in [4.69, 9.17) is 4.74 Å². The monoisotopic (exact) mass is 262 g/mol. The van der Waals surface area contributed by atoms with Gasteiger partial charge in [0.15, 0.2) is 0 Å². The van der Waals surface area contributed by atoms with E-state index in [1.807, 2.05) is 0 Å². The number of rotatable bonds is 2. The van der Waals surface area contributed by atoms with Crippen molar-refractivity contribution in [3.8, 4) is 0 Å². The Morgan fingerprint density at radius 2 is 2.16 bits per heavy atom. The van der Waals surface area contributed by atoms with Crippen molar-refractivity contribution in [3.05, 3.63) is 35.0 Å². The molecule has 2 aromatic heterocycles. The van der Waals surface area contributed by atoms with Gasteiger partial charge in [0.05, 0.1) is 13.2 Å². The molecule has 2 aromatic rings. The van der Waals surface area contributed by atoms with Gasteiger partial charge in [-0.05, 0) is 12.1 Å². The van der Waals surface area contributed by atoms with E-state index in [0.29, 0.717) is 31.8 Å². The van der Waals surface area contributed by atoms with Crippen molar-refractivity contribution >= 4 is 11.4 Å². The molecule has 0 atom stereocenters. The van der Waals surface area contributed by atoms with E-state index in [2.05, 4.69) is 5.10 Å². The SMILES string of the molecule is O=C(Cn1ncn2cccc2c1=O)N1CCOCC1. The first-order chi connectivity index (χ1) is 9.25. The molecule has 0 unspecified atom stereocenters. The van der Waals surface area contributed by atoms with Crippen molar-refractivity contribution in [2.75, 3.05) is 26.3 Å². The van der Waals surface area contributed by atoms with Crippen molar-refractivity contribution < 1.29 is 9.53 Å². The molecule has 1 aliphatic rings. The highest BCUT2D eigenvalue weighted by Crippen LogP contribution is 2.00. The Balaban J connectivity index is 1.82. The fraction of sp³-hybridized carbons (Fsp3) is 0.417. The van der Waals surface area contributed by atoms with Crippen molar-refractivity contribution in [3.63, 3.8) is 0 Å². The number of nitrogens with zero attached hydrogens (tertiary/aromatic N) is 4. The van der Waals surface area contributed by atoms with Gasteiger partial charge in [-0.25, -0.2) is 4.68 Å². The van der Waals surface area contributed by atoms with Gasteiger partial charge in [-0.1, -0.05) is 0 Å². The first-order valence-electron chi connectivity index (χ1n) is 6.14. The summed E-state index contributed by atoms with van der Waals surface area (Å²) in [7, 11) is 0. The number of carbonyl (C=O) groups is 1. The zero-order valence-electron chi connectivity index (χ0n) is 10.4. The normalized spacial score (nSPS) is 15.9. The van der Waals surface area contributed by atoms with E-state index < -0.39 is 0 Å². The minimum Gasteiger partial charge on any atom is -0.378 e. The molecule has 1 fully saturated rings. The third-order valence-corrected chi connectivity index (χ3v) is 3.20. The smallest absolute Gasteiger partial charge is 0.291 e. The van der Waals surface area contributed by atoms with Crippen molar-refractivity contribution in [2.24, 2.45) is 0 Å². The number of aromatic nitrogens is 3. The van der Waals surface area contributed by atoms with Crippen molar-refractivity contribution in [1.29, 1.82) is 0 Å². The Labute approximate surface area is 109 Å². The lowest BCUT2D eigenvalue weighted by Gasteiger charge is -2.26. The number of ether oxygens (including phenoxy) is 1. The number of carbonyl (C=O) groups excluding carboxylic acids is 1. The largest absolute Gasteiger partial charge is 0.378 e. The molecule has 1 aliphatic heterocycles. The van der Waals surface area contributed by atoms with Gasteiger partial charge in [0.25, 0.3) is 5.56 Å². The minimum absolute atomic E-state index is 0.0273. The van der Waals surface area contributed by atoms with Crippen LogP contribution in [-0.4, -0.2) is 51.3 Å². The van der Waals surface area contributed by atoms with Crippen LogP contribution in [0.5, 0.6) is 0 Å². The molecule has 3 rings (SSSR count). The average Bonchev–Trinajstić information content (AvgIpc) is 2.92. The summed E-state index contributed by atoms with van der Waals surface area (Å²) < 4.78 is 8.03. The molecule has 3 heterocycles. The number of morpholine rings is 1. The summed E-state index contributed by atoms with van der Waals surface area (Å²) in [5.41, 5.74) is 0.263. The third kappa shape index (κ3) is 2.24. The lowest BCUT2D eigenvalue weighted by Crippen LogP contribution is -2.43. The lowest BCUT2D eigenvalue weighted by molar-refractivity contribution is -0.136. The molecule has 0 aliphatic carbocycles. The molecule has 0 spiro atoms. The molecule has 0 saturated carbocycles. The highest BCUT2D eigenvalue weighted by Gasteiger charge is 2.18. The number of hydrogen-bond donors (Lipinski definition) is 0. The summed E-state index contributed by atoms with van der Waals surface area (Å²) in [5.74, 6) is -0.103. The second-order valence-electron chi connectivity index (χ2n) is 4.39. The summed E-state index contributed by atoms with van der Waals surface area (Å²) in [5, 5.41) is 4.00. The first kappa shape index (κ1) is 11.9. The fourth-order valence-electron chi connectivity index (χ4n) is 2.13. The van der Waals surface area contributed by atoms with Crippen LogP contribution in [-0.2, 0) is 16.1 Å². The second kappa shape index (κ2) is 4.85. The minimum atomic E-state index is -0.255.